The van der Waals surface area contributed by atoms with Crippen molar-refractivity contribution < 1.29 is 22.8 Å². The van der Waals surface area contributed by atoms with Gasteiger partial charge in [-0.15, -0.1) is 0 Å². The fourth-order valence-electron chi connectivity index (χ4n) is 1.18. The number of pyridine rings is 1. The first-order valence-corrected chi connectivity index (χ1v) is 5.21. The molecule has 0 saturated carbocycles. The maximum atomic E-state index is 12.7. The highest BCUT2D eigenvalue weighted by Crippen LogP contribution is 2.36. The lowest BCUT2D eigenvalue weighted by molar-refractivity contribution is -0.385. The van der Waals surface area contributed by atoms with Crippen molar-refractivity contribution in [3.8, 4) is 5.88 Å². The summed E-state index contributed by atoms with van der Waals surface area (Å²) >= 11 is 0. The molecule has 19 heavy (non-hydrogen) atoms. The molecule has 0 unspecified atom stereocenters. The van der Waals surface area contributed by atoms with Crippen LogP contribution in [-0.2, 0) is 6.18 Å². The Balaban J connectivity index is 3.00. The molecule has 0 atom stereocenters. The molecule has 6 nitrogen and oxygen atoms in total. The Morgan fingerprint density at radius 2 is 2.11 bits per heavy atom. The number of halogens is 3. The average molecular weight is 279 g/mol. The molecule has 1 heterocycles. The van der Waals surface area contributed by atoms with E-state index in [0.717, 1.165) is 6.20 Å². The summed E-state index contributed by atoms with van der Waals surface area (Å²) < 4.78 is 43.1. The quantitative estimate of drug-likeness (QED) is 0.608. The lowest BCUT2D eigenvalue weighted by Gasteiger charge is -2.14. The molecule has 0 fully saturated rings. The normalized spacial score (nSPS) is 11.7. The van der Waals surface area contributed by atoms with Gasteiger partial charge >= 0.3 is 6.18 Å². The van der Waals surface area contributed by atoms with Crippen LogP contribution in [0.4, 0.5) is 18.9 Å². The molecule has 0 N–H and O–H groups in total. The number of alkyl halides is 3. The molecule has 0 aromatic carbocycles. The van der Waals surface area contributed by atoms with Crippen LogP contribution in [0.5, 0.6) is 5.88 Å². The third-order valence-corrected chi connectivity index (χ3v) is 2.13. The predicted octanol–water partition coefficient (Wildman–Crippen LogP) is 1.95. The smallest absolute Gasteiger partial charge is 0.421 e. The van der Waals surface area contributed by atoms with E-state index in [4.69, 9.17) is 4.74 Å². The van der Waals surface area contributed by atoms with Gasteiger partial charge in [-0.2, -0.15) is 13.2 Å². The van der Waals surface area contributed by atoms with Gasteiger partial charge in [0, 0.05) is 12.6 Å². The van der Waals surface area contributed by atoms with Crippen LogP contribution in [0.1, 0.15) is 5.56 Å². The zero-order valence-corrected chi connectivity index (χ0v) is 10.3. The fourth-order valence-corrected chi connectivity index (χ4v) is 1.18. The van der Waals surface area contributed by atoms with E-state index in [2.05, 4.69) is 4.98 Å². The van der Waals surface area contributed by atoms with Crippen molar-refractivity contribution in [3.05, 3.63) is 27.9 Å². The molecule has 0 aliphatic carbocycles. The van der Waals surface area contributed by atoms with Crippen molar-refractivity contribution in [2.45, 2.75) is 6.18 Å². The maximum absolute atomic E-state index is 12.7. The lowest BCUT2D eigenvalue weighted by Crippen LogP contribution is -2.21. The summed E-state index contributed by atoms with van der Waals surface area (Å²) in [4.78, 5) is 14.6. The zero-order valence-electron chi connectivity index (χ0n) is 10.3. The van der Waals surface area contributed by atoms with E-state index in [-0.39, 0.29) is 6.61 Å². The first-order valence-electron chi connectivity index (χ1n) is 5.21. The molecule has 106 valence electrons. The molecule has 0 aliphatic heterocycles. The van der Waals surface area contributed by atoms with Gasteiger partial charge in [-0.3, -0.25) is 10.1 Å². The van der Waals surface area contributed by atoms with Gasteiger partial charge in [0.2, 0.25) is 5.88 Å². The van der Waals surface area contributed by atoms with Gasteiger partial charge in [-0.1, -0.05) is 0 Å². The predicted molar refractivity (Wildman–Crippen MR) is 59.9 cm³/mol. The van der Waals surface area contributed by atoms with Gasteiger partial charge in [0.1, 0.15) is 18.4 Å². The molecule has 1 aromatic heterocycles. The number of aromatic nitrogens is 1. The Morgan fingerprint density at radius 1 is 1.47 bits per heavy atom. The first kappa shape index (κ1) is 15.2. The number of nitrogens with zero attached hydrogens (tertiary/aromatic N) is 3. The maximum Gasteiger partial charge on any atom is 0.421 e. The number of hydrogen-bond acceptors (Lipinski definition) is 5. The third kappa shape index (κ3) is 4.36. The molecule has 0 spiro atoms. The Kier molecular flexibility index (Phi) is 4.65. The molecular weight excluding hydrogens is 267 g/mol. The molecule has 1 rings (SSSR count). The van der Waals surface area contributed by atoms with Gasteiger partial charge in [0.05, 0.1) is 4.92 Å². The van der Waals surface area contributed by atoms with Crippen LogP contribution in [0, 0.1) is 10.1 Å². The van der Waals surface area contributed by atoms with E-state index in [1.54, 1.807) is 19.0 Å². The minimum Gasteiger partial charge on any atom is -0.476 e. The van der Waals surface area contributed by atoms with Crippen molar-refractivity contribution in [1.29, 1.82) is 0 Å². The molecule has 0 amide bonds. The van der Waals surface area contributed by atoms with E-state index in [0.29, 0.717) is 12.6 Å². The average Bonchev–Trinajstić information content (AvgIpc) is 2.27. The minimum absolute atomic E-state index is 0.000884. The number of ether oxygens (including phenoxy) is 1. The van der Waals surface area contributed by atoms with Crippen LogP contribution in [0.15, 0.2) is 12.3 Å². The molecule has 0 bridgehead atoms. The number of nitro groups is 1. The second-order valence-electron chi connectivity index (χ2n) is 3.95. The SMILES string of the molecule is CN(C)CCOc1ncc([N+](=O)[O-])cc1C(F)(F)F. The minimum atomic E-state index is -4.76. The molecule has 1 aromatic rings. The van der Waals surface area contributed by atoms with Crippen molar-refractivity contribution in [3.63, 3.8) is 0 Å². The van der Waals surface area contributed by atoms with E-state index >= 15 is 0 Å². The summed E-state index contributed by atoms with van der Waals surface area (Å²) in [5, 5.41) is 10.4. The van der Waals surface area contributed by atoms with Crippen molar-refractivity contribution >= 4 is 5.69 Å². The van der Waals surface area contributed by atoms with Crippen LogP contribution in [-0.4, -0.2) is 42.1 Å². The third-order valence-electron chi connectivity index (χ3n) is 2.13. The van der Waals surface area contributed by atoms with Gasteiger partial charge in [0.25, 0.3) is 5.69 Å². The summed E-state index contributed by atoms with van der Waals surface area (Å²) in [6, 6.07) is 0.415. The van der Waals surface area contributed by atoms with Gasteiger partial charge < -0.3 is 9.64 Å². The highest BCUT2D eigenvalue weighted by Gasteiger charge is 2.37. The highest BCUT2D eigenvalue weighted by atomic mass is 19.4. The molecular formula is C10H12F3N3O3. The van der Waals surface area contributed by atoms with Gasteiger partial charge in [-0.05, 0) is 14.1 Å². The van der Waals surface area contributed by atoms with Crippen LogP contribution in [0.2, 0.25) is 0 Å². The Labute approximate surface area is 106 Å². The van der Waals surface area contributed by atoms with Crippen molar-refractivity contribution in [2.24, 2.45) is 0 Å². The van der Waals surface area contributed by atoms with E-state index in [9.17, 15) is 23.3 Å². The van der Waals surface area contributed by atoms with E-state index in [1.165, 1.54) is 0 Å². The Bertz CT molecular complexity index is 463. The highest BCUT2D eigenvalue weighted by molar-refractivity contribution is 5.39. The van der Waals surface area contributed by atoms with Crippen LogP contribution in [0.25, 0.3) is 0 Å². The zero-order chi connectivity index (χ0) is 14.6. The largest absolute Gasteiger partial charge is 0.476 e. The van der Waals surface area contributed by atoms with Crippen molar-refractivity contribution in [1.82, 2.24) is 9.88 Å². The number of likely N-dealkylation sites (N-methyl/N-ethyl adjacent to an activating group) is 1. The van der Waals surface area contributed by atoms with Crippen LogP contribution < -0.4 is 4.74 Å². The van der Waals surface area contributed by atoms with Gasteiger partial charge in [0.15, 0.2) is 0 Å². The fraction of sp³-hybridized carbons (Fsp3) is 0.500. The van der Waals surface area contributed by atoms with Crippen LogP contribution >= 0.6 is 0 Å². The van der Waals surface area contributed by atoms with Gasteiger partial charge in [-0.25, -0.2) is 4.98 Å². The number of rotatable bonds is 5. The topological polar surface area (TPSA) is 68.5 Å². The summed E-state index contributed by atoms with van der Waals surface area (Å²) in [5.74, 6) is -0.653. The first-order chi connectivity index (χ1) is 8.71. The molecule has 0 saturated heterocycles. The second kappa shape index (κ2) is 5.83. The lowest BCUT2D eigenvalue weighted by atomic mass is 10.2. The van der Waals surface area contributed by atoms with E-state index in [1.807, 2.05) is 0 Å². The van der Waals surface area contributed by atoms with E-state index < -0.39 is 28.2 Å². The summed E-state index contributed by atoms with van der Waals surface area (Å²) in [6.45, 7) is 0.400. The molecule has 9 heteroatoms. The summed E-state index contributed by atoms with van der Waals surface area (Å²) in [5.41, 5.74) is -1.98. The Morgan fingerprint density at radius 3 is 2.58 bits per heavy atom. The molecule has 0 aliphatic rings. The Hall–Kier alpha value is -1.90. The van der Waals surface area contributed by atoms with Crippen molar-refractivity contribution in [2.75, 3.05) is 27.2 Å². The summed E-state index contributed by atoms with van der Waals surface area (Å²) in [6.07, 6.45) is -4.02. The number of hydrogen-bond donors (Lipinski definition) is 0. The monoisotopic (exact) mass is 279 g/mol. The molecule has 0 radical (unpaired) electrons. The second-order valence-corrected chi connectivity index (χ2v) is 3.95. The standard InChI is InChI=1S/C10H12F3N3O3/c1-15(2)3-4-19-9-8(10(11,12)13)5-7(6-14-9)16(17)18/h5-6H,3-4H2,1-2H3. The summed E-state index contributed by atoms with van der Waals surface area (Å²) in [7, 11) is 3.47. The van der Waals surface area contributed by atoms with Crippen LogP contribution in [0.3, 0.4) is 0 Å².